The van der Waals surface area contributed by atoms with E-state index in [1.165, 1.54) is 29.5 Å². The number of ether oxygens (including phenoxy) is 1. The van der Waals surface area contributed by atoms with Crippen LogP contribution in [-0.4, -0.2) is 21.7 Å². The molecule has 0 radical (unpaired) electrons. The first-order valence-electron chi connectivity index (χ1n) is 5.73. The van der Waals surface area contributed by atoms with Gasteiger partial charge in [0.1, 0.15) is 6.61 Å². The number of halogens is 1. The van der Waals surface area contributed by atoms with E-state index in [0.717, 1.165) is 6.54 Å². The molecule has 7 nitrogen and oxygen atoms in total. The van der Waals surface area contributed by atoms with Crippen molar-refractivity contribution in [2.45, 2.75) is 13.5 Å². The van der Waals surface area contributed by atoms with Crippen molar-refractivity contribution in [2.75, 3.05) is 11.9 Å². The van der Waals surface area contributed by atoms with Crippen LogP contribution in [-0.2, 0) is 6.61 Å². The van der Waals surface area contributed by atoms with E-state index in [4.69, 9.17) is 16.3 Å². The smallest absolute Gasteiger partial charge is 0.311 e. The fourth-order valence-corrected chi connectivity index (χ4v) is 2.31. The average Bonchev–Trinajstić information content (AvgIpc) is 2.84. The summed E-state index contributed by atoms with van der Waals surface area (Å²) in [6, 6.07) is 4.16. The molecule has 0 aliphatic rings. The monoisotopic (exact) mass is 314 g/mol. The van der Waals surface area contributed by atoms with Gasteiger partial charge in [-0.05, 0) is 13.0 Å². The zero-order chi connectivity index (χ0) is 14.5. The van der Waals surface area contributed by atoms with Crippen LogP contribution in [0.4, 0.5) is 10.8 Å². The molecule has 106 valence electrons. The molecule has 1 aromatic carbocycles. The van der Waals surface area contributed by atoms with Gasteiger partial charge in [-0.25, -0.2) is 0 Å². The quantitative estimate of drug-likeness (QED) is 0.650. The zero-order valence-corrected chi connectivity index (χ0v) is 12.1. The summed E-state index contributed by atoms with van der Waals surface area (Å²) in [7, 11) is 0. The minimum absolute atomic E-state index is 0.101. The molecule has 2 aromatic rings. The Balaban J connectivity index is 2.09. The van der Waals surface area contributed by atoms with E-state index >= 15 is 0 Å². The lowest BCUT2D eigenvalue weighted by molar-refractivity contribution is -0.385. The van der Waals surface area contributed by atoms with E-state index in [-0.39, 0.29) is 18.0 Å². The van der Waals surface area contributed by atoms with Crippen molar-refractivity contribution >= 4 is 33.8 Å². The van der Waals surface area contributed by atoms with Crippen molar-refractivity contribution in [2.24, 2.45) is 0 Å². The van der Waals surface area contributed by atoms with Crippen molar-refractivity contribution in [3.05, 3.63) is 38.3 Å². The molecule has 9 heteroatoms. The maximum absolute atomic E-state index is 10.9. The van der Waals surface area contributed by atoms with Crippen molar-refractivity contribution in [3.8, 4) is 5.75 Å². The van der Waals surface area contributed by atoms with Crippen molar-refractivity contribution in [1.82, 2.24) is 10.2 Å². The van der Waals surface area contributed by atoms with Gasteiger partial charge in [0.05, 0.1) is 4.92 Å². The van der Waals surface area contributed by atoms with Crippen LogP contribution in [0.5, 0.6) is 5.75 Å². The van der Waals surface area contributed by atoms with Crippen LogP contribution in [0.2, 0.25) is 5.02 Å². The molecular weight excluding hydrogens is 304 g/mol. The maximum atomic E-state index is 10.9. The number of hydrogen-bond acceptors (Lipinski definition) is 7. The number of nitrogens with zero attached hydrogens (tertiary/aromatic N) is 3. The number of benzene rings is 1. The van der Waals surface area contributed by atoms with Crippen molar-refractivity contribution < 1.29 is 9.66 Å². The SMILES string of the molecule is CCNc1nnc(COc2cc(Cl)ccc2[N+](=O)[O-])s1. The summed E-state index contributed by atoms with van der Waals surface area (Å²) in [5.74, 6) is 0.114. The van der Waals surface area contributed by atoms with E-state index in [1.807, 2.05) is 6.92 Å². The highest BCUT2D eigenvalue weighted by molar-refractivity contribution is 7.15. The van der Waals surface area contributed by atoms with Gasteiger partial charge in [-0.15, -0.1) is 10.2 Å². The van der Waals surface area contributed by atoms with E-state index < -0.39 is 4.92 Å². The summed E-state index contributed by atoms with van der Waals surface area (Å²) in [5.41, 5.74) is -0.133. The third-order valence-corrected chi connectivity index (χ3v) is 3.35. The molecular formula is C11H11ClN4O3S. The number of nitro benzene ring substituents is 1. The maximum Gasteiger partial charge on any atom is 0.311 e. The average molecular weight is 315 g/mol. The highest BCUT2D eigenvalue weighted by atomic mass is 35.5. The van der Waals surface area contributed by atoms with Crippen LogP contribution in [0.25, 0.3) is 0 Å². The molecule has 0 spiro atoms. The molecule has 0 atom stereocenters. The van der Waals surface area contributed by atoms with Crippen LogP contribution in [0.1, 0.15) is 11.9 Å². The highest BCUT2D eigenvalue weighted by Crippen LogP contribution is 2.30. The van der Waals surface area contributed by atoms with E-state index in [2.05, 4.69) is 15.5 Å². The summed E-state index contributed by atoms with van der Waals surface area (Å²) < 4.78 is 5.41. The Bertz CT molecular complexity index is 619. The summed E-state index contributed by atoms with van der Waals surface area (Å²) >= 11 is 7.14. The van der Waals surface area contributed by atoms with Gasteiger partial charge in [0.2, 0.25) is 5.13 Å². The zero-order valence-electron chi connectivity index (χ0n) is 10.5. The van der Waals surface area contributed by atoms with Gasteiger partial charge in [0, 0.05) is 23.7 Å². The van der Waals surface area contributed by atoms with Crippen LogP contribution < -0.4 is 10.1 Å². The van der Waals surface area contributed by atoms with Gasteiger partial charge in [-0.2, -0.15) is 0 Å². The van der Waals surface area contributed by atoms with E-state index in [1.54, 1.807) is 0 Å². The first-order valence-corrected chi connectivity index (χ1v) is 6.92. The molecule has 1 heterocycles. The Morgan fingerprint density at radius 2 is 2.30 bits per heavy atom. The molecule has 20 heavy (non-hydrogen) atoms. The number of aromatic nitrogens is 2. The molecule has 1 aromatic heterocycles. The molecule has 0 fully saturated rings. The molecule has 0 unspecified atom stereocenters. The molecule has 0 saturated heterocycles. The molecule has 0 aliphatic heterocycles. The fourth-order valence-electron chi connectivity index (χ4n) is 1.43. The van der Waals surface area contributed by atoms with E-state index in [0.29, 0.717) is 15.2 Å². The number of hydrogen-bond donors (Lipinski definition) is 1. The largest absolute Gasteiger partial charge is 0.479 e. The van der Waals surface area contributed by atoms with Gasteiger partial charge in [0.25, 0.3) is 0 Å². The van der Waals surface area contributed by atoms with Crippen LogP contribution >= 0.6 is 22.9 Å². The predicted octanol–water partition coefficient (Wildman–Crippen LogP) is 3.11. The lowest BCUT2D eigenvalue weighted by atomic mass is 10.3. The number of rotatable bonds is 6. The van der Waals surface area contributed by atoms with Gasteiger partial charge >= 0.3 is 5.69 Å². The summed E-state index contributed by atoms with van der Waals surface area (Å²) in [5, 5.41) is 23.4. The Hall–Kier alpha value is -1.93. The Morgan fingerprint density at radius 3 is 3.00 bits per heavy atom. The number of anilines is 1. The van der Waals surface area contributed by atoms with Gasteiger partial charge < -0.3 is 10.1 Å². The number of nitrogens with one attached hydrogen (secondary N) is 1. The summed E-state index contributed by atoms with van der Waals surface area (Å²) in [6.07, 6.45) is 0. The second-order valence-corrected chi connectivity index (χ2v) is 5.19. The minimum atomic E-state index is -0.518. The highest BCUT2D eigenvalue weighted by Gasteiger charge is 2.16. The molecule has 0 bridgehead atoms. The molecule has 0 aliphatic carbocycles. The second-order valence-electron chi connectivity index (χ2n) is 3.69. The Morgan fingerprint density at radius 1 is 1.50 bits per heavy atom. The lowest BCUT2D eigenvalue weighted by Crippen LogP contribution is -1.98. The van der Waals surface area contributed by atoms with Crippen LogP contribution in [0, 0.1) is 10.1 Å². The second kappa shape index (κ2) is 6.49. The first-order chi connectivity index (χ1) is 9.60. The summed E-state index contributed by atoms with van der Waals surface area (Å²) in [6.45, 7) is 2.80. The fraction of sp³-hybridized carbons (Fsp3) is 0.273. The number of nitro groups is 1. The van der Waals surface area contributed by atoms with Gasteiger partial charge in [0.15, 0.2) is 10.8 Å². The van der Waals surface area contributed by atoms with Crippen LogP contribution in [0.3, 0.4) is 0 Å². The Labute approximate surface area is 123 Å². The predicted molar refractivity (Wildman–Crippen MR) is 76.5 cm³/mol. The Kier molecular flexibility index (Phi) is 4.70. The van der Waals surface area contributed by atoms with Crippen molar-refractivity contribution in [3.63, 3.8) is 0 Å². The first kappa shape index (κ1) is 14.5. The topological polar surface area (TPSA) is 90.2 Å². The lowest BCUT2D eigenvalue weighted by Gasteiger charge is -2.04. The van der Waals surface area contributed by atoms with Crippen molar-refractivity contribution in [1.29, 1.82) is 0 Å². The minimum Gasteiger partial charge on any atom is -0.479 e. The normalized spacial score (nSPS) is 10.3. The molecule has 1 N–H and O–H groups in total. The molecule has 2 rings (SSSR count). The third-order valence-electron chi connectivity index (χ3n) is 2.26. The molecule has 0 amide bonds. The van der Waals surface area contributed by atoms with Gasteiger partial charge in [-0.3, -0.25) is 10.1 Å². The van der Waals surface area contributed by atoms with Gasteiger partial charge in [-0.1, -0.05) is 22.9 Å². The van der Waals surface area contributed by atoms with Crippen LogP contribution in [0.15, 0.2) is 18.2 Å². The van der Waals surface area contributed by atoms with E-state index in [9.17, 15) is 10.1 Å². The molecule has 0 saturated carbocycles. The standard InChI is InChI=1S/C11H11ClN4O3S/c1-2-13-11-15-14-10(20-11)6-19-9-5-7(12)3-4-8(9)16(17)18/h3-5H,2,6H2,1H3,(H,13,15). The summed E-state index contributed by atoms with van der Waals surface area (Å²) in [4.78, 5) is 10.4. The third kappa shape index (κ3) is 3.55.